The summed E-state index contributed by atoms with van der Waals surface area (Å²) in [5.41, 5.74) is 6.71. The van der Waals surface area contributed by atoms with Gasteiger partial charge in [0.2, 0.25) is 10.0 Å². The zero-order valence-electron chi connectivity index (χ0n) is 12.5. The molecule has 0 saturated heterocycles. The van der Waals surface area contributed by atoms with Crippen molar-refractivity contribution in [1.82, 2.24) is 4.31 Å². The van der Waals surface area contributed by atoms with E-state index in [1.54, 1.807) is 0 Å². The summed E-state index contributed by atoms with van der Waals surface area (Å²) in [6.07, 6.45) is 0. The number of hydrogen-bond donors (Lipinski definition) is 1. The largest absolute Gasteiger partial charge is 0.323 e. The van der Waals surface area contributed by atoms with Crippen LogP contribution in [0.3, 0.4) is 0 Å². The molecule has 1 atom stereocenters. The Bertz CT molecular complexity index is 776. The molecule has 2 rings (SSSR count). The first-order valence-corrected chi connectivity index (χ1v) is 8.27. The number of nitrogens with two attached hydrogens (primary N) is 1. The molecule has 2 aromatic carbocycles. The van der Waals surface area contributed by atoms with Crippen LogP contribution in [-0.2, 0) is 10.0 Å². The Morgan fingerprint density at radius 1 is 1.13 bits per heavy atom. The van der Waals surface area contributed by atoms with E-state index in [1.807, 2.05) is 30.3 Å². The fourth-order valence-corrected chi connectivity index (χ4v) is 3.30. The first-order valence-electron chi connectivity index (χ1n) is 6.83. The molecule has 0 aliphatic carbocycles. The number of non-ortho nitro benzene ring substituents is 1. The number of likely N-dealkylation sites (N-methyl/N-ethyl adjacent to an activating group) is 1. The van der Waals surface area contributed by atoms with Gasteiger partial charge in [0.25, 0.3) is 5.69 Å². The number of nitro benzene ring substituents is 1. The predicted octanol–water partition coefficient (Wildman–Crippen LogP) is 1.92. The average Bonchev–Trinajstić information content (AvgIpc) is 2.55. The van der Waals surface area contributed by atoms with Crippen molar-refractivity contribution in [3.05, 3.63) is 70.3 Å². The molecular weight excluding hydrogens is 318 g/mol. The summed E-state index contributed by atoms with van der Waals surface area (Å²) >= 11 is 0. The molecule has 0 bridgehead atoms. The minimum absolute atomic E-state index is 0.00846. The van der Waals surface area contributed by atoms with E-state index in [-0.39, 0.29) is 17.1 Å². The normalized spacial score (nSPS) is 13.0. The number of rotatable bonds is 6. The second kappa shape index (κ2) is 6.86. The highest BCUT2D eigenvalue weighted by Crippen LogP contribution is 2.20. The van der Waals surface area contributed by atoms with Crippen LogP contribution in [0.15, 0.2) is 59.5 Å². The summed E-state index contributed by atoms with van der Waals surface area (Å²) in [5, 5.41) is 10.6. The molecule has 0 aliphatic heterocycles. The first kappa shape index (κ1) is 17.1. The van der Waals surface area contributed by atoms with Gasteiger partial charge in [-0.1, -0.05) is 30.3 Å². The topological polar surface area (TPSA) is 107 Å². The smallest absolute Gasteiger partial charge is 0.269 e. The van der Waals surface area contributed by atoms with Crippen molar-refractivity contribution in [2.45, 2.75) is 10.9 Å². The molecule has 0 aliphatic rings. The summed E-state index contributed by atoms with van der Waals surface area (Å²) in [7, 11) is -2.32. The van der Waals surface area contributed by atoms with Gasteiger partial charge in [-0.2, -0.15) is 4.31 Å². The van der Waals surface area contributed by atoms with Gasteiger partial charge in [-0.15, -0.1) is 0 Å². The van der Waals surface area contributed by atoms with Crippen LogP contribution in [0.1, 0.15) is 11.6 Å². The highest BCUT2D eigenvalue weighted by Gasteiger charge is 2.23. The zero-order chi connectivity index (χ0) is 17.0. The lowest BCUT2D eigenvalue weighted by atomic mass is 10.1. The summed E-state index contributed by atoms with van der Waals surface area (Å²) < 4.78 is 26.1. The number of benzene rings is 2. The number of hydrogen-bond acceptors (Lipinski definition) is 5. The fourth-order valence-electron chi connectivity index (χ4n) is 2.10. The maximum Gasteiger partial charge on any atom is 0.269 e. The number of sulfonamides is 1. The molecule has 122 valence electrons. The molecule has 2 aromatic rings. The Morgan fingerprint density at radius 3 is 2.22 bits per heavy atom. The van der Waals surface area contributed by atoms with Crippen LogP contribution in [0.5, 0.6) is 0 Å². The van der Waals surface area contributed by atoms with E-state index in [2.05, 4.69) is 0 Å². The van der Waals surface area contributed by atoms with Gasteiger partial charge in [0.1, 0.15) is 0 Å². The molecule has 0 radical (unpaired) electrons. The fraction of sp³-hybridized carbons (Fsp3) is 0.200. The highest BCUT2D eigenvalue weighted by molar-refractivity contribution is 7.89. The van der Waals surface area contributed by atoms with Crippen molar-refractivity contribution in [2.75, 3.05) is 13.6 Å². The second-order valence-corrected chi connectivity index (χ2v) is 7.10. The van der Waals surface area contributed by atoms with Crippen LogP contribution < -0.4 is 5.73 Å². The van der Waals surface area contributed by atoms with E-state index in [9.17, 15) is 18.5 Å². The van der Waals surface area contributed by atoms with Crippen LogP contribution in [0.25, 0.3) is 0 Å². The van der Waals surface area contributed by atoms with Crippen molar-refractivity contribution in [3.63, 3.8) is 0 Å². The number of nitrogens with zero attached hydrogens (tertiary/aromatic N) is 2. The molecule has 0 amide bonds. The first-order chi connectivity index (χ1) is 10.8. The van der Waals surface area contributed by atoms with E-state index in [4.69, 9.17) is 5.73 Å². The summed E-state index contributed by atoms with van der Waals surface area (Å²) in [4.78, 5) is 10.0. The molecule has 0 fully saturated rings. The van der Waals surface area contributed by atoms with Crippen LogP contribution >= 0.6 is 0 Å². The lowest BCUT2D eigenvalue weighted by Crippen LogP contribution is -2.34. The molecule has 8 heteroatoms. The third-order valence-electron chi connectivity index (χ3n) is 3.44. The maximum absolute atomic E-state index is 12.5. The summed E-state index contributed by atoms with van der Waals surface area (Å²) in [5.74, 6) is 0. The van der Waals surface area contributed by atoms with E-state index in [0.717, 1.165) is 22.0 Å². The van der Waals surface area contributed by atoms with Gasteiger partial charge in [-0.3, -0.25) is 10.1 Å². The quantitative estimate of drug-likeness (QED) is 0.641. The standard InChI is InChI=1S/C15H17N3O4S/c1-17(11-15(16)12-5-3-2-4-6-12)23(21,22)14-9-7-13(8-10-14)18(19)20/h2-10,15H,11,16H2,1H3. The Morgan fingerprint density at radius 2 is 1.70 bits per heavy atom. The van der Waals surface area contributed by atoms with E-state index >= 15 is 0 Å². The van der Waals surface area contributed by atoms with E-state index < -0.39 is 21.0 Å². The lowest BCUT2D eigenvalue weighted by molar-refractivity contribution is -0.384. The minimum Gasteiger partial charge on any atom is -0.323 e. The minimum atomic E-state index is -3.75. The predicted molar refractivity (Wildman–Crippen MR) is 86.3 cm³/mol. The van der Waals surface area contributed by atoms with Crippen molar-refractivity contribution < 1.29 is 13.3 Å². The highest BCUT2D eigenvalue weighted by atomic mass is 32.2. The SMILES string of the molecule is CN(CC(N)c1ccccc1)S(=O)(=O)c1ccc([N+](=O)[O-])cc1. The van der Waals surface area contributed by atoms with Crippen LogP contribution in [-0.4, -0.2) is 31.2 Å². The molecule has 1 unspecified atom stereocenters. The van der Waals surface area contributed by atoms with Gasteiger partial charge in [-0.05, 0) is 17.7 Å². The number of nitro groups is 1. The second-order valence-electron chi connectivity index (χ2n) is 5.05. The van der Waals surface area contributed by atoms with Crippen molar-refractivity contribution in [3.8, 4) is 0 Å². The van der Waals surface area contributed by atoms with Crippen molar-refractivity contribution >= 4 is 15.7 Å². The van der Waals surface area contributed by atoms with Gasteiger partial charge in [0.15, 0.2) is 0 Å². The van der Waals surface area contributed by atoms with Crippen molar-refractivity contribution in [2.24, 2.45) is 5.73 Å². The Balaban J connectivity index is 2.16. The Kier molecular flexibility index (Phi) is 5.09. The molecule has 0 spiro atoms. The van der Waals surface area contributed by atoms with Gasteiger partial charge in [-0.25, -0.2) is 8.42 Å². The Labute approximate surface area is 134 Å². The van der Waals surface area contributed by atoms with Gasteiger partial charge in [0.05, 0.1) is 9.82 Å². The van der Waals surface area contributed by atoms with Gasteiger partial charge < -0.3 is 5.73 Å². The van der Waals surface area contributed by atoms with Gasteiger partial charge >= 0.3 is 0 Å². The van der Waals surface area contributed by atoms with Crippen LogP contribution in [0, 0.1) is 10.1 Å². The van der Waals surface area contributed by atoms with Crippen LogP contribution in [0.2, 0.25) is 0 Å². The Hall–Kier alpha value is -2.29. The van der Waals surface area contributed by atoms with Gasteiger partial charge in [0, 0.05) is 31.8 Å². The maximum atomic E-state index is 12.5. The molecule has 0 saturated carbocycles. The molecule has 0 heterocycles. The monoisotopic (exact) mass is 335 g/mol. The van der Waals surface area contributed by atoms with E-state index in [0.29, 0.717) is 0 Å². The van der Waals surface area contributed by atoms with Crippen molar-refractivity contribution in [1.29, 1.82) is 0 Å². The summed E-state index contributed by atoms with van der Waals surface area (Å²) in [6.45, 7) is 0.101. The summed E-state index contributed by atoms with van der Waals surface area (Å²) in [6, 6.07) is 13.5. The third kappa shape index (κ3) is 3.92. The molecule has 2 N–H and O–H groups in total. The lowest BCUT2D eigenvalue weighted by Gasteiger charge is -2.21. The molecule has 23 heavy (non-hydrogen) atoms. The molecular formula is C15H17N3O4S. The van der Waals surface area contributed by atoms with E-state index in [1.165, 1.54) is 19.2 Å². The molecule has 0 aromatic heterocycles. The molecule has 7 nitrogen and oxygen atoms in total. The van der Waals surface area contributed by atoms with Crippen LogP contribution in [0.4, 0.5) is 5.69 Å². The third-order valence-corrected chi connectivity index (χ3v) is 5.27. The zero-order valence-corrected chi connectivity index (χ0v) is 13.3. The average molecular weight is 335 g/mol.